The zero-order valence-corrected chi connectivity index (χ0v) is 26.2. The van der Waals surface area contributed by atoms with Gasteiger partial charge < -0.3 is 29.3 Å². The van der Waals surface area contributed by atoms with Gasteiger partial charge in [0.2, 0.25) is 5.91 Å². The van der Waals surface area contributed by atoms with Gasteiger partial charge in [-0.15, -0.1) is 13.2 Å². The van der Waals surface area contributed by atoms with Crippen LogP contribution in [-0.4, -0.2) is 84.4 Å². The van der Waals surface area contributed by atoms with Crippen molar-refractivity contribution >= 4 is 29.2 Å². The third-order valence-electron chi connectivity index (χ3n) is 9.26. The molecule has 43 heavy (non-hydrogen) atoms. The van der Waals surface area contributed by atoms with Crippen molar-refractivity contribution in [1.82, 2.24) is 4.90 Å². The molecule has 9 heteroatoms. The third kappa shape index (κ3) is 6.11. The molecular formula is C34H49N3O6. The normalized spacial score (nSPS) is 26.4. The average molecular weight is 596 g/mol. The molecule has 1 N–H and O–H groups in total. The highest BCUT2D eigenvalue weighted by atomic mass is 16.6. The van der Waals surface area contributed by atoms with E-state index in [1.165, 1.54) is 0 Å². The van der Waals surface area contributed by atoms with E-state index in [2.05, 4.69) is 31.9 Å². The van der Waals surface area contributed by atoms with Gasteiger partial charge in [-0.25, -0.2) is 0 Å². The summed E-state index contributed by atoms with van der Waals surface area (Å²) in [6.07, 6.45) is 5.86. The highest BCUT2D eigenvalue weighted by Crippen LogP contribution is 2.59. The molecule has 236 valence electrons. The van der Waals surface area contributed by atoms with Crippen LogP contribution in [-0.2, 0) is 23.9 Å². The van der Waals surface area contributed by atoms with Crippen molar-refractivity contribution < 1.29 is 29.0 Å². The molecule has 6 atom stereocenters. The molecule has 3 aliphatic rings. The molecule has 3 saturated heterocycles. The largest absolute Gasteiger partial charge is 0.465 e. The van der Waals surface area contributed by atoms with E-state index in [9.17, 15) is 19.5 Å². The Morgan fingerprint density at radius 1 is 1.16 bits per heavy atom. The predicted octanol–water partition coefficient (Wildman–Crippen LogP) is 4.34. The Balaban J connectivity index is 1.73. The van der Waals surface area contributed by atoms with Crippen LogP contribution in [0.4, 0.5) is 11.4 Å². The average Bonchev–Trinajstić information content (AvgIpc) is 3.65. The first kappa shape index (κ1) is 32.7. The fourth-order valence-corrected chi connectivity index (χ4v) is 7.38. The SMILES string of the molecule is C=CCCCOC(=O)[C@@H]1[C@@H]2CCC3(O2)C(C(=O)N(CC=C)c2ccc(N(CC)CC)cc2)N([C@@H](CO)CC(C)C)C(=O)[C@H]13. The van der Waals surface area contributed by atoms with Crippen molar-refractivity contribution in [2.75, 3.05) is 42.6 Å². The zero-order valence-electron chi connectivity index (χ0n) is 26.2. The van der Waals surface area contributed by atoms with Gasteiger partial charge in [-0.3, -0.25) is 14.4 Å². The number of hydrogen-bond donors (Lipinski definition) is 1. The highest BCUT2D eigenvalue weighted by Gasteiger charge is 2.75. The Hall–Kier alpha value is -3.17. The van der Waals surface area contributed by atoms with Gasteiger partial charge in [0.1, 0.15) is 11.6 Å². The van der Waals surface area contributed by atoms with Crippen LogP contribution >= 0.6 is 0 Å². The lowest BCUT2D eigenvalue weighted by Gasteiger charge is -2.39. The van der Waals surface area contributed by atoms with Crippen LogP contribution in [0.25, 0.3) is 0 Å². The summed E-state index contributed by atoms with van der Waals surface area (Å²) in [4.78, 5) is 48.0. The van der Waals surface area contributed by atoms with Crippen LogP contribution in [0.15, 0.2) is 49.6 Å². The summed E-state index contributed by atoms with van der Waals surface area (Å²) in [5.41, 5.74) is 0.568. The number of fused-ring (bicyclic) bond motifs is 1. The quantitative estimate of drug-likeness (QED) is 0.172. The lowest BCUT2D eigenvalue weighted by atomic mass is 9.70. The molecule has 3 heterocycles. The maximum Gasteiger partial charge on any atom is 0.312 e. The van der Waals surface area contributed by atoms with Crippen LogP contribution in [0, 0.1) is 17.8 Å². The van der Waals surface area contributed by atoms with Crippen molar-refractivity contribution in [3.05, 3.63) is 49.6 Å². The van der Waals surface area contributed by atoms with E-state index >= 15 is 0 Å². The molecule has 1 spiro atoms. The number of benzene rings is 1. The number of amides is 2. The number of carbonyl (C=O) groups is 3. The van der Waals surface area contributed by atoms with E-state index in [1.807, 2.05) is 38.1 Å². The number of anilines is 2. The minimum absolute atomic E-state index is 0.165. The molecule has 1 aromatic carbocycles. The van der Waals surface area contributed by atoms with Crippen LogP contribution in [0.3, 0.4) is 0 Å². The van der Waals surface area contributed by atoms with E-state index in [4.69, 9.17) is 9.47 Å². The fourth-order valence-electron chi connectivity index (χ4n) is 7.38. The molecule has 3 aliphatic heterocycles. The number of esters is 1. The van der Waals surface area contributed by atoms with Gasteiger partial charge in [0.05, 0.1) is 37.2 Å². The fraction of sp³-hybridized carbons (Fsp3) is 0.618. The highest BCUT2D eigenvalue weighted by molar-refractivity contribution is 6.05. The van der Waals surface area contributed by atoms with Gasteiger partial charge in [0.15, 0.2) is 0 Å². The third-order valence-corrected chi connectivity index (χ3v) is 9.26. The van der Waals surface area contributed by atoms with Crippen LogP contribution in [0.5, 0.6) is 0 Å². The number of likely N-dealkylation sites (tertiary alicyclic amines) is 1. The molecule has 9 nitrogen and oxygen atoms in total. The van der Waals surface area contributed by atoms with Crippen molar-refractivity contribution in [2.45, 2.75) is 83.6 Å². The molecule has 0 saturated carbocycles. The second kappa shape index (κ2) is 14.1. The van der Waals surface area contributed by atoms with Crippen molar-refractivity contribution in [3.8, 4) is 0 Å². The molecule has 3 fully saturated rings. The van der Waals surface area contributed by atoms with Gasteiger partial charge in [-0.1, -0.05) is 26.0 Å². The first-order valence-corrected chi connectivity index (χ1v) is 15.8. The van der Waals surface area contributed by atoms with Gasteiger partial charge >= 0.3 is 5.97 Å². The van der Waals surface area contributed by atoms with E-state index < -0.39 is 41.6 Å². The van der Waals surface area contributed by atoms with Gasteiger partial charge in [0.25, 0.3) is 5.91 Å². The van der Waals surface area contributed by atoms with Crippen LogP contribution < -0.4 is 9.80 Å². The maximum absolute atomic E-state index is 14.8. The second-order valence-corrected chi connectivity index (χ2v) is 12.3. The lowest BCUT2D eigenvalue weighted by Crippen LogP contribution is -2.59. The summed E-state index contributed by atoms with van der Waals surface area (Å²) in [7, 11) is 0. The molecule has 2 amide bonds. The summed E-state index contributed by atoms with van der Waals surface area (Å²) < 4.78 is 12.2. The number of unbranched alkanes of at least 4 members (excludes halogenated alkanes) is 1. The summed E-state index contributed by atoms with van der Waals surface area (Å²) in [5.74, 6) is -2.54. The molecule has 0 radical (unpaired) electrons. The van der Waals surface area contributed by atoms with E-state index in [0.29, 0.717) is 31.4 Å². The molecule has 1 aromatic rings. The minimum Gasteiger partial charge on any atom is -0.465 e. The van der Waals surface area contributed by atoms with E-state index in [-0.39, 0.29) is 37.5 Å². The van der Waals surface area contributed by atoms with Gasteiger partial charge in [0, 0.05) is 31.0 Å². The standard InChI is InChI=1S/C34H49N3O6/c1-7-11-12-20-42-33(41)28-27-17-18-34(43-27)29(28)31(39)37(26(22-38)21-23(5)6)30(34)32(40)36(19-8-2)25-15-13-24(14-16-25)35(9-3)10-4/h7-8,13-16,23,26-30,38H,1-2,9-12,17-22H2,3-6H3/t26-,27+,28-,29+,30?,34?/m1/s1. The van der Waals surface area contributed by atoms with Crippen LogP contribution in [0.2, 0.25) is 0 Å². The van der Waals surface area contributed by atoms with Gasteiger partial charge in [-0.2, -0.15) is 0 Å². The molecule has 0 aromatic heterocycles. The number of allylic oxidation sites excluding steroid dienone is 1. The first-order valence-electron chi connectivity index (χ1n) is 15.8. The Kier molecular flexibility index (Phi) is 10.7. The summed E-state index contributed by atoms with van der Waals surface area (Å²) in [6, 6.07) is 6.24. The number of hydrogen-bond acceptors (Lipinski definition) is 7. The number of rotatable bonds is 16. The van der Waals surface area contributed by atoms with Crippen molar-refractivity contribution in [1.29, 1.82) is 0 Å². The maximum atomic E-state index is 14.8. The Bertz CT molecular complexity index is 1170. The summed E-state index contributed by atoms with van der Waals surface area (Å²) in [5, 5.41) is 10.5. The Morgan fingerprint density at radius 2 is 1.84 bits per heavy atom. The molecule has 4 rings (SSSR count). The van der Waals surface area contributed by atoms with Crippen LogP contribution in [0.1, 0.15) is 59.8 Å². The molecule has 2 unspecified atom stereocenters. The Labute approximate surface area is 256 Å². The first-order chi connectivity index (χ1) is 20.7. The van der Waals surface area contributed by atoms with Crippen molar-refractivity contribution in [2.24, 2.45) is 17.8 Å². The van der Waals surface area contributed by atoms with Gasteiger partial charge in [-0.05, 0) is 76.1 Å². The number of carbonyl (C=O) groups excluding carboxylic acids is 3. The number of aliphatic hydroxyl groups is 1. The number of aliphatic hydroxyl groups excluding tert-OH is 1. The van der Waals surface area contributed by atoms with Crippen molar-refractivity contribution in [3.63, 3.8) is 0 Å². The smallest absolute Gasteiger partial charge is 0.312 e. The predicted molar refractivity (Wildman–Crippen MR) is 168 cm³/mol. The topological polar surface area (TPSA) is 99.6 Å². The zero-order chi connectivity index (χ0) is 31.3. The van der Waals surface area contributed by atoms with E-state index in [0.717, 1.165) is 25.2 Å². The minimum atomic E-state index is -1.17. The number of ether oxygens (including phenoxy) is 2. The summed E-state index contributed by atoms with van der Waals surface area (Å²) >= 11 is 0. The van der Waals surface area contributed by atoms with E-state index in [1.54, 1.807) is 22.0 Å². The summed E-state index contributed by atoms with van der Waals surface area (Å²) in [6.45, 7) is 17.7. The molecule has 2 bridgehead atoms. The molecule has 0 aliphatic carbocycles. The molecular weight excluding hydrogens is 546 g/mol. The lowest BCUT2D eigenvalue weighted by molar-refractivity contribution is -0.156. The monoisotopic (exact) mass is 595 g/mol. The Morgan fingerprint density at radius 3 is 2.42 bits per heavy atom. The number of nitrogens with zero attached hydrogens (tertiary/aromatic N) is 3. The second-order valence-electron chi connectivity index (χ2n) is 12.3.